The molecule has 1 saturated carbocycles. The molecule has 1 aromatic carbocycles. The number of nitrogens with zero attached hydrogens (tertiary/aromatic N) is 1. The number of hydrogen-bond donors (Lipinski definition) is 3. The number of halogens is 2. The fourth-order valence-corrected chi connectivity index (χ4v) is 6.46. The highest BCUT2D eigenvalue weighted by atomic mass is 19.1. The Morgan fingerprint density at radius 3 is 2.40 bits per heavy atom. The Kier molecular flexibility index (Phi) is 9.79. The zero-order chi connectivity index (χ0) is 33.4. The molecule has 0 unspecified atom stereocenters. The van der Waals surface area contributed by atoms with E-state index < -0.39 is 71.6 Å². The lowest BCUT2D eigenvalue weighted by molar-refractivity contribution is -0.143. The SMILES string of the molecule is CC(C)[C@H](NC(=O)OC(C)(C)C)C(=O)N1C[C@H]2[C@@H]([C@H]1C(=O)N[C@@H](C[C@@H]1CCNC1=O)C(=O)COc1ccc(F)cc1F)C2(C)C. The van der Waals surface area contributed by atoms with E-state index >= 15 is 0 Å². The maximum absolute atomic E-state index is 14.1. The van der Waals surface area contributed by atoms with Gasteiger partial charge in [0.15, 0.2) is 17.3 Å². The van der Waals surface area contributed by atoms with E-state index in [2.05, 4.69) is 16.0 Å². The van der Waals surface area contributed by atoms with E-state index in [1.165, 1.54) is 4.90 Å². The number of ether oxygens (including phenoxy) is 2. The maximum Gasteiger partial charge on any atom is 0.408 e. The number of amides is 4. The average molecular weight is 635 g/mol. The molecule has 0 spiro atoms. The zero-order valence-corrected chi connectivity index (χ0v) is 26.9. The van der Waals surface area contributed by atoms with Crippen LogP contribution in [0, 0.1) is 40.7 Å². The first-order chi connectivity index (χ1) is 20.9. The van der Waals surface area contributed by atoms with Crippen LogP contribution in [0.15, 0.2) is 18.2 Å². The first-order valence-corrected chi connectivity index (χ1v) is 15.4. The molecule has 2 heterocycles. The molecule has 1 aromatic rings. The number of hydrogen-bond acceptors (Lipinski definition) is 7. The summed E-state index contributed by atoms with van der Waals surface area (Å²) in [6.07, 6.45) is -0.304. The summed E-state index contributed by atoms with van der Waals surface area (Å²) in [5.41, 5.74) is -1.01. The molecule has 3 fully saturated rings. The largest absolute Gasteiger partial charge is 0.483 e. The van der Waals surface area contributed by atoms with Gasteiger partial charge in [-0.1, -0.05) is 27.7 Å². The van der Waals surface area contributed by atoms with Gasteiger partial charge in [-0.15, -0.1) is 0 Å². The minimum Gasteiger partial charge on any atom is -0.483 e. The van der Waals surface area contributed by atoms with Crippen LogP contribution < -0.4 is 20.7 Å². The monoisotopic (exact) mass is 634 g/mol. The third-order valence-electron chi connectivity index (χ3n) is 9.02. The molecule has 248 valence electrons. The van der Waals surface area contributed by atoms with Gasteiger partial charge in [-0.3, -0.25) is 19.2 Å². The number of piperidine rings is 1. The number of fused-ring (bicyclic) bond motifs is 1. The van der Waals surface area contributed by atoms with E-state index in [4.69, 9.17) is 9.47 Å². The summed E-state index contributed by atoms with van der Waals surface area (Å²) in [7, 11) is 0. The summed E-state index contributed by atoms with van der Waals surface area (Å²) >= 11 is 0. The Morgan fingerprint density at radius 1 is 1.13 bits per heavy atom. The third-order valence-corrected chi connectivity index (χ3v) is 9.02. The first-order valence-electron chi connectivity index (χ1n) is 15.4. The van der Waals surface area contributed by atoms with Crippen molar-refractivity contribution in [1.29, 1.82) is 0 Å². The molecule has 1 aliphatic carbocycles. The van der Waals surface area contributed by atoms with E-state index in [0.717, 1.165) is 12.1 Å². The number of ketones is 1. The lowest BCUT2D eigenvalue weighted by atomic mass is 9.94. The van der Waals surface area contributed by atoms with E-state index in [1.807, 2.05) is 13.8 Å². The number of carbonyl (C=O) groups is 5. The highest BCUT2D eigenvalue weighted by Gasteiger charge is 2.69. The first kappa shape index (κ1) is 34.1. The fraction of sp³-hybridized carbons (Fsp3) is 0.656. The summed E-state index contributed by atoms with van der Waals surface area (Å²) < 4.78 is 38.2. The van der Waals surface area contributed by atoms with Crippen molar-refractivity contribution < 1.29 is 42.2 Å². The van der Waals surface area contributed by atoms with E-state index in [1.54, 1.807) is 34.6 Å². The molecule has 3 aliphatic rings. The Labute approximate surface area is 262 Å². The van der Waals surface area contributed by atoms with Crippen LogP contribution in [0.4, 0.5) is 13.6 Å². The Bertz CT molecular complexity index is 1350. The van der Waals surface area contributed by atoms with Gasteiger partial charge in [-0.25, -0.2) is 13.6 Å². The van der Waals surface area contributed by atoms with Crippen LogP contribution in [-0.4, -0.2) is 77.9 Å². The van der Waals surface area contributed by atoms with Crippen molar-refractivity contribution >= 4 is 29.6 Å². The molecule has 0 aromatic heterocycles. The van der Waals surface area contributed by atoms with Crippen LogP contribution in [0.5, 0.6) is 5.75 Å². The van der Waals surface area contributed by atoms with Gasteiger partial charge in [0.2, 0.25) is 17.7 Å². The number of carbonyl (C=O) groups excluding carboxylic acids is 5. The molecule has 4 amide bonds. The molecule has 45 heavy (non-hydrogen) atoms. The van der Waals surface area contributed by atoms with Crippen molar-refractivity contribution in [2.75, 3.05) is 19.7 Å². The number of Topliss-reactive ketones (excluding diaryl/α,β-unsaturated/α-hetero) is 1. The van der Waals surface area contributed by atoms with E-state index in [0.29, 0.717) is 25.6 Å². The fourth-order valence-electron chi connectivity index (χ4n) is 6.46. The van der Waals surface area contributed by atoms with Gasteiger partial charge in [0.05, 0.1) is 6.04 Å². The second-order valence-corrected chi connectivity index (χ2v) is 14.2. The van der Waals surface area contributed by atoms with Crippen molar-refractivity contribution in [3.05, 3.63) is 29.8 Å². The minimum absolute atomic E-state index is 0.0152. The zero-order valence-electron chi connectivity index (χ0n) is 26.9. The molecule has 0 bridgehead atoms. The molecule has 2 aliphatic heterocycles. The van der Waals surface area contributed by atoms with Crippen molar-refractivity contribution in [3.63, 3.8) is 0 Å². The van der Waals surface area contributed by atoms with Gasteiger partial charge in [-0.05, 0) is 68.9 Å². The molecule has 3 N–H and O–H groups in total. The van der Waals surface area contributed by atoms with Crippen molar-refractivity contribution in [1.82, 2.24) is 20.9 Å². The smallest absolute Gasteiger partial charge is 0.408 e. The number of rotatable bonds is 11. The standard InChI is InChI=1S/C32H44F2N4O7/c1-16(2)25(37-30(43)45-31(3,4)5)29(42)38-14-19-24(32(19,6)7)26(38)28(41)36-21(12-17-10-11-35-27(17)40)22(39)15-44-23-9-8-18(33)13-20(23)34/h8-9,13,16-17,19,21,24-26H,10-12,14-15H2,1-7H3,(H,35,40)(H,36,41)(H,37,43)/t17-,19-,21-,24-,25-,26-/m0/s1. The molecule has 6 atom stereocenters. The lowest BCUT2D eigenvalue weighted by Gasteiger charge is -2.35. The van der Waals surface area contributed by atoms with E-state index in [-0.39, 0.29) is 41.2 Å². The van der Waals surface area contributed by atoms with Gasteiger partial charge in [0, 0.05) is 25.1 Å². The highest BCUT2D eigenvalue weighted by molar-refractivity contribution is 5.96. The van der Waals surface area contributed by atoms with Gasteiger partial charge in [0.1, 0.15) is 30.1 Å². The molecule has 0 radical (unpaired) electrons. The third kappa shape index (κ3) is 7.73. The molecule has 2 saturated heterocycles. The number of benzene rings is 1. The van der Waals surface area contributed by atoms with Gasteiger partial charge >= 0.3 is 6.09 Å². The van der Waals surface area contributed by atoms with Crippen LogP contribution in [0.2, 0.25) is 0 Å². The molecular weight excluding hydrogens is 590 g/mol. The predicted molar refractivity (Wildman–Crippen MR) is 159 cm³/mol. The molecule has 11 nitrogen and oxygen atoms in total. The second-order valence-electron chi connectivity index (χ2n) is 14.2. The van der Waals surface area contributed by atoms with Gasteiger partial charge in [0.25, 0.3) is 0 Å². The minimum atomic E-state index is -1.17. The molecule has 4 rings (SSSR count). The number of nitrogens with one attached hydrogen (secondary N) is 3. The quantitative estimate of drug-likeness (QED) is 0.340. The Morgan fingerprint density at radius 2 is 1.82 bits per heavy atom. The average Bonchev–Trinajstić information content (AvgIpc) is 3.26. The highest BCUT2D eigenvalue weighted by Crippen LogP contribution is 2.65. The van der Waals surface area contributed by atoms with E-state index in [9.17, 15) is 32.8 Å². The normalized spacial score (nSPS) is 24.8. The van der Waals surface area contributed by atoms with Crippen molar-refractivity contribution in [2.45, 2.75) is 85.0 Å². The molecule has 13 heteroatoms. The van der Waals surface area contributed by atoms with Crippen molar-refractivity contribution in [3.8, 4) is 5.75 Å². The summed E-state index contributed by atoms with van der Waals surface area (Å²) in [4.78, 5) is 67.8. The molecular formula is C32H44F2N4O7. The second kappa shape index (κ2) is 12.9. The van der Waals surface area contributed by atoms with Crippen LogP contribution in [0.3, 0.4) is 0 Å². The topological polar surface area (TPSA) is 143 Å². The van der Waals surface area contributed by atoms with Crippen LogP contribution in [0.1, 0.15) is 61.3 Å². The summed E-state index contributed by atoms with van der Waals surface area (Å²) in [5.74, 6) is -5.00. The van der Waals surface area contributed by atoms with Crippen LogP contribution >= 0.6 is 0 Å². The van der Waals surface area contributed by atoms with Gasteiger partial charge < -0.3 is 30.3 Å². The van der Waals surface area contributed by atoms with Crippen LogP contribution in [0.25, 0.3) is 0 Å². The summed E-state index contributed by atoms with van der Waals surface area (Å²) in [5, 5.41) is 8.15. The predicted octanol–water partition coefficient (Wildman–Crippen LogP) is 2.96. The van der Waals surface area contributed by atoms with Crippen molar-refractivity contribution in [2.24, 2.45) is 29.1 Å². The Balaban J connectivity index is 1.53. The Hall–Kier alpha value is -3.77. The lowest BCUT2D eigenvalue weighted by Crippen LogP contribution is -2.59. The number of likely N-dealkylation sites (tertiary alicyclic amines) is 1. The van der Waals surface area contributed by atoms with Gasteiger partial charge in [-0.2, -0.15) is 0 Å². The summed E-state index contributed by atoms with van der Waals surface area (Å²) in [6, 6.07) is -0.384. The number of alkyl carbamates (subject to hydrolysis) is 1. The summed E-state index contributed by atoms with van der Waals surface area (Å²) in [6.45, 7) is 12.8. The maximum atomic E-state index is 14.1. The van der Waals surface area contributed by atoms with Crippen LogP contribution in [-0.2, 0) is 23.9 Å².